The number of carbonyl (C=O) groups is 2. The summed E-state index contributed by atoms with van der Waals surface area (Å²) in [4.78, 5) is 23.3. The molecule has 0 aliphatic rings. The number of nitrogens with two attached hydrogens (primary N) is 1. The zero-order valence-corrected chi connectivity index (χ0v) is 8.71. The third kappa shape index (κ3) is 2.40. The van der Waals surface area contributed by atoms with Crippen LogP contribution in [0.2, 0.25) is 0 Å². The lowest BCUT2D eigenvalue weighted by Gasteiger charge is -2.12. The lowest BCUT2D eigenvalue weighted by atomic mass is 10.3. The minimum Gasteiger partial charge on any atom is -0.273 e. The average Bonchev–Trinajstić information content (AvgIpc) is 2.68. The molecule has 2 N–H and O–H groups in total. The smallest absolute Gasteiger partial charge is 0.273 e. The Morgan fingerprint density at radius 2 is 2.29 bits per heavy atom. The Balaban J connectivity index is 2.66. The molecule has 14 heavy (non-hydrogen) atoms. The zero-order valence-electron chi connectivity index (χ0n) is 7.90. The zero-order chi connectivity index (χ0) is 10.6. The molecular weight excluding hydrogens is 200 g/mol. The lowest BCUT2D eigenvalue weighted by Crippen LogP contribution is -2.42. The minimum absolute atomic E-state index is 0.299. The maximum atomic E-state index is 11.5. The van der Waals surface area contributed by atoms with E-state index in [0.717, 1.165) is 0 Å². The molecule has 1 aromatic heterocycles. The van der Waals surface area contributed by atoms with Crippen LogP contribution in [-0.4, -0.2) is 16.8 Å². The molecule has 0 bridgehead atoms. The SMILES string of the molecule is CCCC(=O)N(N)C(=O)c1cccs1. The Hall–Kier alpha value is -1.20. The van der Waals surface area contributed by atoms with Crippen LogP contribution in [-0.2, 0) is 4.79 Å². The molecule has 0 aliphatic carbocycles. The van der Waals surface area contributed by atoms with Crippen molar-refractivity contribution < 1.29 is 9.59 Å². The summed E-state index contributed by atoms with van der Waals surface area (Å²) in [7, 11) is 0. The highest BCUT2D eigenvalue weighted by molar-refractivity contribution is 7.12. The van der Waals surface area contributed by atoms with Gasteiger partial charge in [0.25, 0.3) is 5.91 Å². The Labute approximate surface area is 86.3 Å². The molecule has 0 fully saturated rings. The predicted molar refractivity (Wildman–Crippen MR) is 54.6 cm³/mol. The molecule has 0 unspecified atom stereocenters. The van der Waals surface area contributed by atoms with E-state index in [1.54, 1.807) is 17.5 Å². The summed E-state index contributed by atoms with van der Waals surface area (Å²) in [6.45, 7) is 1.86. The molecule has 0 saturated heterocycles. The van der Waals surface area contributed by atoms with Gasteiger partial charge in [-0.25, -0.2) is 10.9 Å². The molecule has 0 radical (unpaired) electrons. The average molecular weight is 212 g/mol. The first-order valence-corrected chi connectivity index (χ1v) is 5.20. The summed E-state index contributed by atoms with van der Waals surface area (Å²) in [5, 5.41) is 2.46. The summed E-state index contributed by atoms with van der Waals surface area (Å²) in [5.74, 6) is 4.61. The molecule has 0 atom stereocenters. The molecule has 0 saturated carbocycles. The van der Waals surface area contributed by atoms with Gasteiger partial charge in [0.2, 0.25) is 5.91 Å². The topological polar surface area (TPSA) is 63.4 Å². The van der Waals surface area contributed by atoms with Crippen molar-refractivity contribution in [3.05, 3.63) is 22.4 Å². The normalized spacial score (nSPS) is 9.86. The van der Waals surface area contributed by atoms with Gasteiger partial charge in [-0.2, -0.15) is 0 Å². The van der Waals surface area contributed by atoms with Gasteiger partial charge >= 0.3 is 0 Å². The van der Waals surface area contributed by atoms with E-state index in [0.29, 0.717) is 22.7 Å². The molecule has 0 aromatic carbocycles. The third-order valence-electron chi connectivity index (χ3n) is 1.68. The highest BCUT2D eigenvalue weighted by atomic mass is 32.1. The van der Waals surface area contributed by atoms with Crippen LogP contribution >= 0.6 is 11.3 Å². The first-order valence-electron chi connectivity index (χ1n) is 4.32. The van der Waals surface area contributed by atoms with Crippen molar-refractivity contribution in [2.45, 2.75) is 19.8 Å². The van der Waals surface area contributed by atoms with Crippen LogP contribution < -0.4 is 5.84 Å². The number of amides is 2. The van der Waals surface area contributed by atoms with Crippen LogP contribution in [0.3, 0.4) is 0 Å². The fraction of sp³-hybridized carbons (Fsp3) is 0.333. The number of thiophene rings is 1. The Morgan fingerprint density at radius 1 is 1.57 bits per heavy atom. The Morgan fingerprint density at radius 3 is 2.79 bits per heavy atom. The van der Waals surface area contributed by atoms with Crippen LogP contribution in [0.4, 0.5) is 0 Å². The number of hydrogen-bond donors (Lipinski definition) is 1. The van der Waals surface area contributed by atoms with E-state index in [1.807, 2.05) is 6.92 Å². The van der Waals surface area contributed by atoms with E-state index in [9.17, 15) is 9.59 Å². The minimum atomic E-state index is -0.432. The number of hydrogen-bond acceptors (Lipinski definition) is 4. The van der Waals surface area contributed by atoms with Crippen LogP contribution in [0.1, 0.15) is 29.4 Å². The van der Waals surface area contributed by atoms with Gasteiger partial charge in [-0.05, 0) is 17.9 Å². The fourth-order valence-corrected chi connectivity index (χ4v) is 1.63. The maximum absolute atomic E-state index is 11.5. The van der Waals surface area contributed by atoms with E-state index < -0.39 is 5.91 Å². The second-order valence-corrected chi connectivity index (χ2v) is 3.74. The Bertz CT molecular complexity index is 322. The number of imide groups is 1. The standard InChI is InChI=1S/C9H12N2O2S/c1-2-4-8(12)11(10)9(13)7-5-3-6-14-7/h3,5-6H,2,4,10H2,1H3. The predicted octanol–water partition coefficient (Wildman–Crippen LogP) is 1.39. The van der Waals surface area contributed by atoms with Gasteiger partial charge < -0.3 is 0 Å². The molecule has 76 valence electrons. The van der Waals surface area contributed by atoms with E-state index in [1.165, 1.54) is 11.3 Å². The Kier molecular flexibility index (Phi) is 3.79. The monoisotopic (exact) mass is 212 g/mol. The molecule has 4 nitrogen and oxygen atoms in total. The molecule has 1 aromatic rings. The van der Waals surface area contributed by atoms with Crippen LogP contribution in [0.5, 0.6) is 0 Å². The molecule has 0 spiro atoms. The third-order valence-corrected chi connectivity index (χ3v) is 2.54. The highest BCUT2D eigenvalue weighted by Gasteiger charge is 2.18. The molecule has 5 heteroatoms. The second kappa shape index (κ2) is 4.88. The van der Waals surface area contributed by atoms with E-state index >= 15 is 0 Å². The first-order chi connectivity index (χ1) is 6.66. The second-order valence-electron chi connectivity index (χ2n) is 2.80. The van der Waals surface area contributed by atoms with E-state index in [2.05, 4.69) is 0 Å². The summed E-state index contributed by atoms with van der Waals surface area (Å²) < 4.78 is 0. The van der Waals surface area contributed by atoms with Crippen molar-refractivity contribution >= 4 is 23.2 Å². The number of hydrazine groups is 1. The van der Waals surface area contributed by atoms with Crippen molar-refractivity contribution in [2.75, 3.05) is 0 Å². The van der Waals surface area contributed by atoms with Gasteiger partial charge in [0.05, 0.1) is 4.88 Å². The first kappa shape index (κ1) is 10.9. The molecule has 1 rings (SSSR count). The van der Waals surface area contributed by atoms with Crippen LogP contribution in [0.15, 0.2) is 17.5 Å². The van der Waals surface area contributed by atoms with Crippen molar-refractivity contribution in [3.63, 3.8) is 0 Å². The summed E-state index contributed by atoms with van der Waals surface area (Å²) >= 11 is 1.27. The fourth-order valence-electron chi connectivity index (χ4n) is 0.967. The van der Waals surface area contributed by atoms with Gasteiger partial charge in [-0.3, -0.25) is 9.59 Å². The summed E-state index contributed by atoms with van der Waals surface area (Å²) in [6, 6.07) is 3.39. The van der Waals surface area contributed by atoms with Gasteiger partial charge in [0.1, 0.15) is 0 Å². The number of nitrogens with zero attached hydrogens (tertiary/aromatic N) is 1. The van der Waals surface area contributed by atoms with Crippen LogP contribution in [0, 0.1) is 0 Å². The van der Waals surface area contributed by atoms with Gasteiger partial charge in [0, 0.05) is 6.42 Å². The van der Waals surface area contributed by atoms with Crippen molar-refractivity contribution in [1.29, 1.82) is 0 Å². The van der Waals surface area contributed by atoms with Gasteiger partial charge in [-0.15, -0.1) is 11.3 Å². The molecule has 1 heterocycles. The highest BCUT2D eigenvalue weighted by Crippen LogP contribution is 2.10. The summed E-state index contributed by atoms with van der Waals surface area (Å²) in [6.07, 6.45) is 0.984. The van der Waals surface area contributed by atoms with Crippen molar-refractivity contribution in [1.82, 2.24) is 5.01 Å². The number of rotatable bonds is 3. The van der Waals surface area contributed by atoms with E-state index in [4.69, 9.17) is 5.84 Å². The van der Waals surface area contributed by atoms with Gasteiger partial charge in [0.15, 0.2) is 0 Å². The quantitative estimate of drug-likeness (QED) is 0.468. The van der Waals surface area contributed by atoms with Gasteiger partial charge in [-0.1, -0.05) is 13.0 Å². The molecule has 2 amide bonds. The molecule has 0 aliphatic heterocycles. The lowest BCUT2D eigenvalue weighted by molar-refractivity contribution is -0.128. The number of carbonyl (C=O) groups excluding carboxylic acids is 2. The van der Waals surface area contributed by atoms with Crippen molar-refractivity contribution in [2.24, 2.45) is 5.84 Å². The maximum Gasteiger partial charge on any atom is 0.284 e. The van der Waals surface area contributed by atoms with Crippen LogP contribution in [0.25, 0.3) is 0 Å². The molecular formula is C9H12N2O2S. The largest absolute Gasteiger partial charge is 0.284 e. The summed E-state index contributed by atoms with van der Waals surface area (Å²) in [5.41, 5.74) is 0. The van der Waals surface area contributed by atoms with E-state index in [-0.39, 0.29) is 5.91 Å². The van der Waals surface area contributed by atoms with Crippen molar-refractivity contribution in [3.8, 4) is 0 Å².